The van der Waals surface area contributed by atoms with Gasteiger partial charge in [-0.1, -0.05) is 53.4 Å². The lowest BCUT2D eigenvalue weighted by Gasteiger charge is -2.22. The van der Waals surface area contributed by atoms with Gasteiger partial charge in [0.05, 0.1) is 19.2 Å². The van der Waals surface area contributed by atoms with Crippen LogP contribution in [0.25, 0.3) is 10.9 Å². The zero-order valence-electron chi connectivity index (χ0n) is 28.9. The van der Waals surface area contributed by atoms with Crippen molar-refractivity contribution in [3.8, 4) is 23.1 Å². The molecule has 0 bridgehead atoms. The molecule has 45 heavy (non-hydrogen) atoms. The molecular weight excluding hydrogens is 560 g/mol. The second-order valence-electron chi connectivity index (χ2n) is 12.1. The molecule has 0 aliphatic heterocycles. The molecule has 0 radical (unpaired) electrons. The van der Waals surface area contributed by atoms with E-state index in [0.29, 0.717) is 12.5 Å². The maximum absolute atomic E-state index is 6.21. The highest BCUT2D eigenvalue weighted by Gasteiger charge is 2.11. The van der Waals surface area contributed by atoms with Gasteiger partial charge in [0.2, 0.25) is 5.88 Å². The van der Waals surface area contributed by atoms with E-state index in [0.717, 1.165) is 66.3 Å². The number of unbranched alkanes of at least 4 members (excludes halogenated alkanes) is 4. The van der Waals surface area contributed by atoms with Crippen molar-refractivity contribution in [3.63, 3.8) is 0 Å². The molecule has 0 atom stereocenters. The highest BCUT2D eigenvalue weighted by atomic mass is 16.5. The van der Waals surface area contributed by atoms with Gasteiger partial charge in [-0.25, -0.2) is 4.98 Å². The molecule has 3 aromatic rings. The van der Waals surface area contributed by atoms with Crippen LogP contribution >= 0.6 is 0 Å². The van der Waals surface area contributed by atoms with Crippen LogP contribution in [0.3, 0.4) is 0 Å². The second kappa shape index (κ2) is 21.7. The normalized spacial score (nSPS) is 11.4. The first kappa shape index (κ1) is 36.4. The maximum Gasteiger partial charge on any atom is 0.219 e. The minimum Gasteiger partial charge on any atom is -0.493 e. The highest BCUT2D eigenvalue weighted by molar-refractivity contribution is 5.83. The average molecular weight is 621 g/mol. The number of ether oxygens (including phenoxy) is 3. The first-order chi connectivity index (χ1) is 22.1. The molecule has 1 aromatic heterocycles. The molecule has 7 nitrogen and oxygen atoms in total. The van der Waals surface area contributed by atoms with Gasteiger partial charge in [-0.05, 0) is 108 Å². The van der Waals surface area contributed by atoms with Crippen molar-refractivity contribution < 1.29 is 14.2 Å². The van der Waals surface area contributed by atoms with Crippen LogP contribution in [0.5, 0.6) is 23.1 Å². The monoisotopic (exact) mass is 620 g/mol. The maximum atomic E-state index is 6.21. The molecule has 0 spiro atoms. The molecule has 3 rings (SSSR count). The molecule has 250 valence electrons. The SMILES string of the molecule is CCCCN(CCCC)CCCNc1ccc(Oc2ccc3cc(OC)c(OCCCN(CCCC)CCCC)cc3n2)cc1. The Balaban J connectivity index is 1.52. The minimum absolute atomic E-state index is 0.557. The van der Waals surface area contributed by atoms with Crippen LogP contribution in [-0.2, 0) is 0 Å². The quantitative estimate of drug-likeness (QED) is 0.0947. The summed E-state index contributed by atoms with van der Waals surface area (Å²) in [6.07, 6.45) is 12.1. The topological polar surface area (TPSA) is 59.1 Å². The summed E-state index contributed by atoms with van der Waals surface area (Å²) in [5.41, 5.74) is 1.93. The van der Waals surface area contributed by atoms with Gasteiger partial charge in [0.25, 0.3) is 0 Å². The number of benzene rings is 2. The van der Waals surface area contributed by atoms with Crippen molar-refractivity contribution in [1.29, 1.82) is 0 Å². The number of rotatable bonds is 25. The van der Waals surface area contributed by atoms with Crippen LogP contribution < -0.4 is 19.5 Å². The highest BCUT2D eigenvalue weighted by Crippen LogP contribution is 2.33. The van der Waals surface area contributed by atoms with Gasteiger partial charge >= 0.3 is 0 Å². The standard InChI is InChI=1S/C38H60N4O3/c1-6-10-23-41(24-11-7-2)27-14-22-39-33-17-19-34(20-18-33)45-38-21-16-32-30-36(43-5)37(31-35(32)40-38)44-29-15-28-42(25-12-8-3)26-13-9-4/h16-21,30-31,39H,6-15,22-29H2,1-5H3. The Labute approximate surface area is 273 Å². The number of pyridine rings is 1. The number of nitrogens with one attached hydrogen (secondary N) is 1. The van der Waals surface area contributed by atoms with Gasteiger partial charge in [0, 0.05) is 36.3 Å². The number of aromatic nitrogens is 1. The largest absolute Gasteiger partial charge is 0.493 e. The summed E-state index contributed by atoms with van der Waals surface area (Å²) in [6, 6.07) is 16.0. The Bertz CT molecular complexity index is 1190. The van der Waals surface area contributed by atoms with Crippen molar-refractivity contribution in [2.24, 2.45) is 0 Å². The Morgan fingerprint density at radius 1 is 0.644 bits per heavy atom. The van der Waals surface area contributed by atoms with E-state index in [2.05, 4.69) is 54.9 Å². The molecule has 2 aromatic carbocycles. The first-order valence-corrected chi connectivity index (χ1v) is 17.7. The van der Waals surface area contributed by atoms with Gasteiger partial charge in [0.1, 0.15) is 5.75 Å². The van der Waals surface area contributed by atoms with E-state index in [1.165, 1.54) is 77.5 Å². The molecule has 0 aliphatic carbocycles. The molecule has 0 fully saturated rings. The van der Waals surface area contributed by atoms with E-state index in [-0.39, 0.29) is 0 Å². The fraction of sp³-hybridized carbons (Fsp3) is 0.605. The fourth-order valence-electron chi connectivity index (χ4n) is 5.41. The van der Waals surface area contributed by atoms with Crippen LogP contribution in [0.4, 0.5) is 5.69 Å². The van der Waals surface area contributed by atoms with E-state index >= 15 is 0 Å². The summed E-state index contributed by atoms with van der Waals surface area (Å²) in [4.78, 5) is 9.97. The molecule has 0 saturated carbocycles. The summed E-state index contributed by atoms with van der Waals surface area (Å²) in [5.74, 6) is 2.77. The first-order valence-electron chi connectivity index (χ1n) is 17.7. The average Bonchev–Trinajstić information content (AvgIpc) is 3.07. The number of hydrogen-bond donors (Lipinski definition) is 1. The van der Waals surface area contributed by atoms with Crippen molar-refractivity contribution >= 4 is 16.6 Å². The van der Waals surface area contributed by atoms with Gasteiger partial charge in [-0.15, -0.1) is 0 Å². The van der Waals surface area contributed by atoms with Gasteiger partial charge in [0.15, 0.2) is 11.5 Å². The number of methoxy groups -OCH3 is 1. The lowest BCUT2D eigenvalue weighted by Crippen LogP contribution is -2.28. The predicted octanol–water partition coefficient (Wildman–Crippen LogP) is 9.41. The Kier molecular flexibility index (Phi) is 17.5. The zero-order valence-corrected chi connectivity index (χ0v) is 28.9. The summed E-state index contributed by atoms with van der Waals surface area (Å²) < 4.78 is 18.0. The van der Waals surface area contributed by atoms with Crippen LogP contribution in [0.2, 0.25) is 0 Å². The molecule has 0 amide bonds. The van der Waals surface area contributed by atoms with Crippen molar-refractivity contribution in [3.05, 3.63) is 48.5 Å². The third-order valence-electron chi connectivity index (χ3n) is 8.19. The number of hydrogen-bond acceptors (Lipinski definition) is 7. The lowest BCUT2D eigenvalue weighted by atomic mass is 10.2. The molecule has 0 saturated heterocycles. The van der Waals surface area contributed by atoms with E-state index in [9.17, 15) is 0 Å². The van der Waals surface area contributed by atoms with E-state index in [1.54, 1.807) is 7.11 Å². The summed E-state index contributed by atoms with van der Waals surface area (Å²) in [6.45, 7) is 17.6. The van der Waals surface area contributed by atoms with Crippen LogP contribution in [0.15, 0.2) is 48.5 Å². The van der Waals surface area contributed by atoms with E-state index in [4.69, 9.17) is 19.2 Å². The molecular formula is C38H60N4O3. The predicted molar refractivity (Wildman–Crippen MR) is 191 cm³/mol. The van der Waals surface area contributed by atoms with Gasteiger partial charge in [-0.3, -0.25) is 0 Å². The molecule has 0 unspecified atom stereocenters. The second-order valence-corrected chi connectivity index (χ2v) is 12.1. The summed E-state index contributed by atoms with van der Waals surface area (Å²) in [5, 5.41) is 4.55. The Hall–Kier alpha value is -3.03. The molecule has 7 heteroatoms. The number of fused-ring (bicyclic) bond motifs is 1. The lowest BCUT2D eigenvalue weighted by molar-refractivity contribution is 0.225. The van der Waals surface area contributed by atoms with Crippen LogP contribution in [-0.4, -0.2) is 74.3 Å². The van der Waals surface area contributed by atoms with Crippen molar-refractivity contribution in [1.82, 2.24) is 14.8 Å². The molecule has 0 aliphatic rings. The summed E-state index contributed by atoms with van der Waals surface area (Å²) in [7, 11) is 1.69. The fourth-order valence-corrected chi connectivity index (χ4v) is 5.41. The minimum atomic E-state index is 0.557. The smallest absolute Gasteiger partial charge is 0.219 e. The number of nitrogens with zero attached hydrogens (tertiary/aromatic N) is 3. The third-order valence-corrected chi connectivity index (χ3v) is 8.19. The van der Waals surface area contributed by atoms with Gasteiger partial charge < -0.3 is 29.3 Å². The summed E-state index contributed by atoms with van der Waals surface area (Å²) >= 11 is 0. The Morgan fingerprint density at radius 3 is 1.80 bits per heavy atom. The molecule has 1 N–H and O–H groups in total. The van der Waals surface area contributed by atoms with Crippen molar-refractivity contribution in [2.45, 2.75) is 91.9 Å². The van der Waals surface area contributed by atoms with E-state index < -0.39 is 0 Å². The van der Waals surface area contributed by atoms with Crippen molar-refractivity contribution in [2.75, 3.05) is 64.8 Å². The van der Waals surface area contributed by atoms with E-state index in [1.807, 2.05) is 36.4 Å². The van der Waals surface area contributed by atoms with Crippen LogP contribution in [0.1, 0.15) is 91.9 Å². The Morgan fingerprint density at radius 2 is 1.22 bits per heavy atom. The third kappa shape index (κ3) is 13.5. The van der Waals surface area contributed by atoms with Gasteiger partial charge in [-0.2, -0.15) is 0 Å². The number of anilines is 1. The zero-order chi connectivity index (χ0) is 32.1. The molecule has 1 heterocycles. The van der Waals surface area contributed by atoms with Crippen LogP contribution in [0, 0.1) is 0 Å².